The molecule has 0 bridgehead atoms. The molecule has 0 rings (SSSR count). The molecule has 1 radical (unpaired) electrons. The minimum atomic E-state index is 0.0255. The Morgan fingerprint density at radius 3 is 2.57 bits per heavy atom. The second-order valence-corrected chi connectivity index (χ2v) is 1.42. The highest BCUT2D eigenvalue weighted by atomic mass is 16.5. The first-order valence-corrected chi connectivity index (χ1v) is 2.34. The van der Waals surface area contributed by atoms with Crippen LogP contribution in [0, 0.1) is 0 Å². The van der Waals surface area contributed by atoms with E-state index < -0.39 is 0 Å². The van der Waals surface area contributed by atoms with Crippen LogP contribution in [0.1, 0.15) is 20.3 Å². The normalized spacial score (nSPS) is 12.9. The first-order valence-electron chi connectivity index (χ1n) is 2.34. The molecule has 0 aliphatic heterocycles. The SMILES string of the molecule is CC[C@@H](C)O[C]=O. The van der Waals surface area contributed by atoms with Crippen molar-refractivity contribution >= 4 is 6.47 Å². The van der Waals surface area contributed by atoms with Gasteiger partial charge in [-0.2, -0.15) is 0 Å². The van der Waals surface area contributed by atoms with Gasteiger partial charge in [-0.1, -0.05) is 6.92 Å². The molecule has 0 unspecified atom stereocenters. The van der Waals surface area contributed by atoms with Crippen LogP contribution < -0.4 is 0 Å². The van der Waals surface area contributed by atoms with Crippen molar-refractivity contribution in [2.24, 2.45) is 0 Å². The Bertz CT molecular complexity index is 52.0. The minimum absolute atomic E-state index is 0.0255. The zero-order valence-corrected chi connectivity index (χ0v) is 4.60. The summed E-state index contributed by atoms with van der Waals surface area (Å²) in [7, 11) is 0. The van der Waals surface area contributed by atoms with E-state index in [2.05, 4.69) is 4.74 Å². The van der Waals surface area contributed by atoms with Crippen molar-refractivity contribution in [2.45, 2.75) is 26.4 Å². The van der Waals surface area contributed by atoms with Crippen LogP contribution in [0.25, 0.3) is 0 Å². The van der Waals surface area contributed by atoms with Crippen molar-refractivity contribution in [2.75, 3.05) is 0 Å². The van der Waals surface area contributed by atoms with E-state index in [1.54, 1.807) is 0 Å². The quantitative estimate of drug-likeness (QED) is 0.527. The van der Waals surface area contributed by atoms with E-state index in [-0.39, 0.29) is 6.10 Å². The van der Waals surface area contributed by atoms with Crippen LogP contribution >= 0.6 is 0 Å². The summed E-state index contributed by atoms with van der Waals surface area (Å²) in [4.78, 5) is 9.43. The zero-order chi connectivity index (χ0) is 5.70. The maximum atomic E-state index is 9.43. The Morgan fingerprint density at radius 2 is 2.43 bits per heavy atom. The van der Waals surface area contributed by atoms with Crippen molar-refractivity contribution in [3.8, 4) is 0 Å². The Morgan fingerprint density at radius 1 is 1.86 bits per heavy atom. The molecule has 2 nitrogen and oxygen atoms in total. The van der Waals surface area contributed by atoms with Gasteiger partial charge in [0.05, 0.1) is 6.10 Å². The van der Waals surface area contributed by atoms with Gasteiger partial charge in [0.25, 0.3) is 0 Å². The smallest absolute Gasteiger partial charge is 0.417 e. The number of hydrogen-bond acceptors (Lipinski definition) is 2. The molecule has 0 heterocycles. The van der Waals surface area contributed by atoms with Gasteiger partial charge >= 0.3 is 6.47 Å². The highest BCUT2D eigenvalue weighted by molar-refractivity contribution is 5.38. The standard InChI is InChI=1S/C5H9O2/c1-3-5(2)7-4-6/h5H,3H2,1-2H3/t5-/m1/s1. The van der Waals surface area contributed by atoms with Gasteiger partial charge in [0.15, 0.2) is 0 Å². The molecule has 0 N–H and O–H groups in total. The number of hydrogen-bond donors (Lipinski definition) is 0. The molecule has 7 heavy (non-hydrogen) atoms. The fourth-order valence-corrected chi connectivity index (χ4v) is 0.165. The molecule has 0 saturated carbocycles. The lowest BCUT2D eigenvalue weighted by Crippen LogP contribution is -2.03. The molecule has 41 valence electrons. The van der Waals surface area contributed by atoms with Crippen LogP contribution in [0.2, 0.25) is 0 Å². The Hall–Kier alpha value is -0.530. The van der Waals surface area contributed by atoms with Crippen molar-refractivity contribution in [1.82, 2.24) is 0 Å². The summed E-state index contributed by atoms with van der Waals surface area (Å²) in [5.74, 6) is 0. The van der Waals surface area contributed by atoms with Crippen molar-refractivity contribution < 1.29 is 9.53 Å². The molecule has 0 amide bonds. The van der Waals surface area contributed by atoms with E-state index in [0.717, 1.165) is 6.42 Å². The Labute approximate surface area is 43.5 Å². The van der Waals surface area contributed by atoms with Crippen LogP contribution in [0.3, 0.4) is 0 Å². The average Bonchev–Trinajstić information content (AvgIpc) is 1.68. The lowest BCUT2D eigenvalue weighted by molar-refractivity contribution is 0.190. The van der Waals surface area contributed by atoms with E-state index in [9.17, 15) is 4.79 Å². The van der Waals surface area contributed by atoms with Gasteiger partial charge in [-0.3, -0.25) is 0 Å². The molecule has 0 aromatic heterocycles. The summed E-state index contributed by atoms with van der Waals surface area (Å²) in [5, 5.41) is 0. The van der Waals surface area contributed by atoms with Crippen LogP contribution in [-0.4, -0.2) is 12.6 Å². The number of ether oxygens (including phenoxy) is 1. The van der Waals surface area contributed by atoms with Gasteiger partial charge in [-0.15, -0.1) is 0 Å². The maximum absolute atomic E-state index is 9.43. The zero-order valence-electron chi connectivity index (χ0n) is 4.60. The first kappa shape index (κ1) is 6.47. The van der Waals surface area contributed by atoms with E-state index in [0.29, 0.717) is 0 Å². The van der Waals surface area contributed by atoms with Crippen LogP contribution in [0.15, 0.2) is 0 Å². The topological polar surface area (TPSA) is 26.3 Å². The summed E-state index contributed by atoms with van der Waals surface area (Å²) in [6.45, 7) is 5.14. The summed E-state index contributed by atoms with van der Waals surface area (Å²) in [5.41, 5.74) is 0. The molecular formula is C5H9O2. The fourth-order valence-electron chi connectivity index (χ4n) is 0.165. The number of carbonyl (C=O) groups excluding carboxylic acids is 1. The minimum Gasteiger partial charge on any atom is -0.454 e. The monoisotopic (exact) mass is 101 g/mol. The molecule has 0 aliphatic rings. The highest BCUT2D eigenvalue weighted by Crippen LogP contribution is 1.90. The Balaban J connectivity index is 2.98. The van der Waals surface area contributed by atoms with E-state index >= 15 is 0 Å². The molecule has 0 spiro atoms. The van der Waals surface area contributed by atoms with Gasteiger partial charge < -0.3 is 4.74 Å². The fraction of sp³-hybridized carbons (Fsp3) is 0.800. The van der Waals surface area contributed by atoms with E-state index in [4.69, 9.17) is 0 Å². The highest BCUT2D eigenvalue weighted by Gasteiger charge is 1.93. The predicted molar refractivity (Wildman–Crippen MR) is 26.5 cm³/mol. The molecular weight excluding hydrogens is 92.1 g/mol. The molecule has 2 heteroatoms. The summed E-state index contributed by atoms with van der Waals surface area (Å²) >= 11 is 0. The second kappa shape index (κ2) is 3.65. The Kier molecular flexibility index (Phi) is 3.38. The first-order chi connectivity index (χ1) is 3.31. The molecule has 0 aromatic carbocycles. The summed E-state index contributed by atoms with van der Waals surface area (Å²) in [6, 6.07) is 0. The van der Waals surface area contributed by atoms with E-state index in [1.807, 2.05) is 13.8 Å². The predicted octanol–water partition coefficient (Wildman–Crippen LogP) is 0.869. The largest absolute Gasteiger partial charge is 0.454 e. The van der Waals surface area contributed by atoms with Crippen LogP contribution in [-0.2, 0) is 9.53 Å². The third kappa shape index (κ3) is 3.30. The molecule has 0 aromatic rings. The van der Waals surface area contributed by atoms with Crippen molar-refractivity contribution in [1.29, 1.82) is 0 Å². The lowest BCUT2D eigenvalue weighted by Gasteiger charge is -2.01. The third-order valence-electron chi connectivity index (χ3n) is 0.824. The lowest BCUT2D eigenvalue weighted by atomic mass is 10.3. The average molecular weight is 101 g/mol. The molecule has 1 atom stereocenters. The molecule has 0 saturated heterocycles. The van der Waals surface area contributed by atoms with Gasteiger partial charge in [0.2, 0.25) is 0 Å². The molecule has 0 aliphatic carbocycles. The van der Waals surface area contributed by atoms with Gasteiger partial charge in [-0.25, -0.2) is 4.79 Å². The van der Waals surface area contributed by atoms with Gasteiger partial charge in [-0.05, 0) is 13.3 Å². The molecule has 0 fully saturated rings. The summed E-state index contributed by atoms with van der Waals surface area (Å²) in [6.07, 6.45) is 0.882. The summed E-state index contributed by atoms with van der Waals surface area (Å²) < 4.78 is 4.39. The van der Waals surface area contributed by atoms with E-state index in [1.165, 1.54) is 6.47 Å². The van der Waals surface area contributed by atoms with Crippen LogP contribution in [0.5, 0.6) is 0 Å². The van der Waals surface area contributed by atoms with Gasteiger partial charge in [0.1, 0.15) is 0 Å². The van der Waals surface area contributed by atoms with Gasteiger partial charge in [0, 0.05) is 0 Å². The van der Waals surface area contributed by atoms with Crippen molar-refractivity contribution in [3.63, 3.8) is 0 Å². The maximum Gasteiger partial charge on any atom is 0.417 e. The second-order valence-electron chi connectivity index (χ2n) is 1.42. The third-order valence-corrected chi connectivity index (χ3v) is 0.824. The number of rotatable bonds is 3. The van der Waals surface area contributed by atoms with Crippen LogP contribution in [0.4, 0.5) is 0 Å². The van der Waals surface area contributed by atoms with Crippen molar-refractivity contribution in [3.05, 3.63) is 0 Å².